The van der Waals surface area contributed by atoms with Crippen molar-refractivity contribution in [2.75, 3.05) is 20.1 Å². The summed E-state index contributed by atoms with van der Waals surface area (Å²) in [4.78, 5) is 4.18. The molecule has 0 fully saturated rings. The Balaban J connectivity index is 0.00000264. The molecule has 0 atom stereocenters. The molecule has 1 aromatic carbocycles. The molecule has 5 nitrogen and oxygen atoms in total. The van der Waals surface area contributed by atoms with E-state index in [1.54, 1.807) is 23.9 Å². The van der Waals surface area contributed by atoms with Crippen molar-refractivity contribution in [2.45, 2.75) is 12.8 Å². The number of benzene rings is 1. The summed E-state index contributed by atoms with van der Waals surface area (Å²) in [6.07, 6.45) is 5.59. The normalized spacial score (nSPS) is 11.0. The Bertz CT molecular complexity index is 609. The quantitative estimate of drug-likeness (QED) is 0.419. The highest BCUT2D eigenvalue weighted by molar-refractivity contribution is 14.0. The molecule has 0 radical (unpaired) electrons. The molecule has 0 aliphatic heterocycles. The van der Waals surface area contributed by atoms with E-state index >= 15 is 0 Å². The van der Waals surface area contributed by atoms with Crippen molar-refractivity contribution in [3.8, 4) is 0 Å². The monoisotopic (exact) mass is 431 g/mol. The van der Waals surface area contributed by atoms with E-state index in [0.717, 1.165) is 37.5 Å². The van der Waals surface area contributed by atoms with Gasteiger partial charge in [-0.1, -0.05) is 12.1 Å². The molecule has 0 saturated carbocycles. The molecule has 7 heteroatoms. The van der Waals surface area contributed by atoms with Crippen molar-refractivity contribution in [1.82, 2.24) is 20.4 Å². The third kappa shape index (κ3) is 6.98. The molecule has 1 heterocycles. The first kappa shape index (κ1) is 19.4. The molecule has 0 bridgehead atoms. The molecule has 2 N–H and O–H groups in total. The zero-order valence-electron chi connectivity index (χ0n) is 13.4. The molecule has 1 aromatic heterocycles. The Labute approximate surface area is 153 Å². The van der Waals surface area contributed by atoms with Gasteiger partial charge in [0.15, 0.2) is 5.96 Å². The second-order valence-corrected chi connectivity index (χ2v) is 5.07. The second-order valence-electron chi connectivity index (χ2n) is 5.07. The summed E-state index contributed by atoms with van der Waals surface area (Å²) in [6.45, 7) is 1.54. The van der Waals surface area contributed by atoms with Crippen LogP contribution in [-0.2, 0) is 19.9 Å². The molecule has 0 unspecified atom stereocenters. The lowest BCUT2D eigenvalue weighted by atomic mass is 10.1. The van der Waals surface area contributed by atoms with Gasteiger partial charge in [-0.2, -0.15) is 5.10 Å². The van der Waals surface area contributed by atoms with Crippen LogP contribution in [0.2, 0.25) is 0 Å². The summed E-state index contributed by atoms with van der Waals surface area (Å²) in [7, 11) is 3.66. The van der Waals surface area contributed by atoms with Gasteiger partial charge in [-0.15, -0.1) is 24.0 Å². The van der Waals surface area contributed by atoms with Crippen LogP contribution in [0.5, 0.6) is 0 Å². The van der Waals surface area contributed by atoms with Gasteiger partial charge in [0.25, 0.3) is 0 Å². The highest BCUT2D eigenvalue weighted by atomic mass is 127. The van der Waals surface area contributed by atoms with Crippen LogP contribution in [0, 0.1) is 5.82 Å². The zero-order chi connectivity index (χ0) is 15.8. The Morgan fingerprint density at radius 1 is 1.13 bits per heavy atom. The van der Waals surface area contributed by atoms with Crippen molar-refractivity contribution < 1.29 is 4.39 Å². The van der Waals surface area contributed by atoms with Gasteiger partial charge in [0.1, 0.15) is 5.82 Å². The van der Waals surface area contributed by atoms with Crippen LogP contribution in [0.3, 0.4) is 0 Å². The lowest BCUT2D eigenvalue weighted by molar-refractivity contribution is 0.626. The Hall–Kier alpha value is -1.64. The van der Waals surface area contributed by atoms with E-state index in [1.165, 1.54) is 17.7 Å². The second kappa shape index (κ2) is 10.2. The molecule has 0 saturated heterocycles. The minimum absolute atomic E-state index is 0. The standard InChI is InChI=1S/C16H22FN5.HI/c1-18-16(20-10-8-14-11-21-22(2)12-14)19-9-7-13-3-5-15(17)6-4-13;/h3-6,11-12H,7-10H2,1-2H3,(H2,18,19,20);1H. The predicted octanol–water partition coefficient (Wildman–Crippen LogP) is 2.13. The topological polar surface area (TPSA) is 54.2 Å². The van der Waals surface area contributed by atoms with Gasteiger partial charge in [0.05, 0.1) is 6.20 Å². The minimum Gasteiger partial charge on any atom is -0.356 e. The van der Waals surface area contributed by atoms with Crippen LogP contribution >= 0.6 is 24.0 Å². The first-order valence-corrected chi connectivity index (χ1v) is 7.34. The summed E-state index contributed by atoms with van der Waals surface area (Å²) in [6, 6.07) is 6.57. The maximum atomic E-state index is 12.8. The van der Waals surface area contributed by atoms with Gasteiger partial charge < -0.3 is 10.6 Å². The van der Waals surface area contributed by atoms with E-state index < -0.39 is 0 Å². The van der Waals surface area contributed by atoms with Crippen LogP contribution in [0.25, 0.3) is 0 Å². The van der Waals surface area contributed by atoms with Crippen molar-refractivity contribution in [3.63, 3.8) is 0 Å². The number of aromatic nitrogens is 2. The summed E-state index contributed by atoms with van der Waals surface area (Å²) >= 11 is 0. The van der Waals surface area contributed by atoms with Gasteiger partial charge in [0, 0.05) is 33.4 Å². The molecule has 126 valence electrons. The number of halogens is 2. The fourth-order valence-corrected chi connectivity index (χ4v) is 2.12. The van der Waals surface area contributed by atoms with E-state index in [9.17, 15) is 4.39 Å². The number of aliphatic imine (C=N–C) groups is 1. The Morgan fingerprint density at radius 3 is 2.26 bits per heavy atom. The molecular weight excluding hydrogens is 408 g/mol. The van der Waals surface area contributed by atoms with Crippen molar-refractivity contribution in [2.24, 2.45) is 12.0 Å². The maximum absolute atomic E-state index is 12.8. The van der Waals surface area contributed by atoms with Crippen LogP contribution in [0.1, 0.15) is 11.1 Å². The van der Waals surface area contributed by atoms with Gasteiger partial charge in [-0.25, -0.2) is 4.39 Å². The molecule has 2 aromatic rings. The fourth-order valence-electron chi connectivity index (χ4n) is 2.12. The third-order valence-electron chi connectivity index (χ3n) is 3.31. The van der Waals surface area contributed by atoms with Crippen LogP contribution in [-0.4, -0.2) is 35.9 Å². The van der Waals surface area contributed by atoms with Gasteiger partial charge in [-0.05, 0) is 36.1 Å². The molecule has 0 spiro atoms. The summed E-state index contributed by atoms with van der Waals surface area (Å²) in [5, 5.41) is 10.7. The highest BCUT2D eigenvalue weighted by Crippen LogP contribution is 2.02. The number of hydrogen-bond donors (Lipinski definition) is 2. The van der Waals surface area contributed by atoms with Gasteiger partial charge in [-0.3, -0.25) is 9.67 Å². The number of guanidine groups is 1. The molecule has 0 aliphatic rings. The van der Waals surface area contributed by atoms with Crippen molar-refractivity contribution in [3.05, 3.63) is 53.6 Å². The van der Waals surface area contributed by atoms with Crippen molar-refractivity contribution in [1.29, 1.82) is 0 Å². The number of nitrogens with one attached hydrogen (secondary N) is 2. The lowest BCUT2D eigenvalue weighted by Crippen LogP contribution is -2.39. The minimum atomic E-state index is -0.204. The molecule has 23 heavy (non-hydrogen) atoms. The first-order chi connectivity index (χ1) is 10.7. The fraction of sp³-hybridized carbons (Fsp3) is 0.375. The van der Waals surface area contributed by atoms with Crippen LogP contribution in [0.15, 0.2) is 41.7 Å². The van der Waals surface area contributed by atoms with Crippen LogP contribution < -0.4 is 10.6 Å². The van der Waals surface area contributed by atoms with E-state index in [1.807, 2.05) is 19.4 Å². The number of nitrogens with zero attached hydrogens (tertiary/aromatic N) is 3. The van der Waals surface area contributed by atoms with Gasteiger partial charge >= 0.3 is 0 Å². The number of aryl methyl sites for hydroxylation is 1. The molecule has 0 amide bonds. The number of rotatable bonds is 6. The summed E-state index contributed by atoms with van der Waals surface area (Å²) in [5.74, 6) is 0.565. The number of hydrogen-bond acceptors (Lipinski definition) is 2. The first-order valence-electron chi connectivity index (χ1n) is 7.34. The summed E-state index contributed by atoms with van der Waals surface area (Å²) < 4.78 is 14.6. The summed E-state index contributed by atoms with van der Waals surface area (Å²) in [5.41, 5.74) is 2.29. The Morgan fingerprint density at radius 2 is 1.74 bits per heavy atom. The average Bonchev–Trinajstić information content (AvgIpc) is 2.93. The SMILES string of the molecule is CN=C(NCCc1ccc(F)cc1)NCCc1cnn(C)c1.I. The van der Waals surface area contributed by atoms with E-state index in [0.29, 0.717) is 0 Å². The van der Waals surface area contributed by atoms with E-state index in [4.69, 9.17) is 0 Å². The predicted molar refractivity (Wildman–Crippen MR) is 102 cm³/mol. The zero-order valence-corrected chi connectivity index (χ0v) is 15.8. The largest absolute Gasteiger partial charge is 0.356 e. The smallest absolute Gasteiger partial charge is 0.190 e. The van der Waals surface area contributed by atoms with Gasteiger partial charge in [0.2, 0.25) is 0 Å². The third-order valence-corrected chi connectivity index (χ3v) is 3.31. The molecule has 0 aliphatic carbocycles. The molecule has 2 rings (SSSR count). The Kier molecular flexibility index (Phi) is 8.60. The van der Waals surface area contributed by atoms with E-state index in [2.05, 4.69) is 20.7 Å². The average molecular weight is 431 g/mol. The molecular formula is C16H23FIN5. The maximum Gasteiger partial charge on any atom is 0.190 e. The van der Waals surface area contributed by atoms with E-state index in [-0.39, 0.29) is 29.8 Å². The lowest BCUT2D eigenvalue weighted by Gasteiger charge is -2.11. The highest BCUT2D eigenvalue weighted by Gasteiger charge is 2.00. The van der Waals surface area contributed by atoms with Crippen molar-refractivity contribution >= 4 is 29.9 Å². The van der Waals surface area contributed by atoms with Crippen LogP contribution in [0.4, 0.5) is 4.39 Å².